The highest BCUT2D eigenvalue weighted by Crippen LogP contribution is 2.22. The molecule has 1 heterocycles. The summed E-state index contributed by atoms with van der Waals surface area (Å²) in [5.74, 6) is -0.142. The Bertz CT molecular complexity index is 367. The Morgan fingerprint density at radius 1 is 1.53 bits per heavy atom. The number of benzene rings is 1. The molecule has 0 aromatic heterocycles. The Labute approximate surface area is 103 Å². The van der Waals surface area contributed by atoms with E-state index in [-0.39, 0.29) is 5.82 Å². The number of piperazine rings is 1. The Balaban J connectivity index is 2.06. The maximum atomic E-state index is 13.2. The first-order valence-corrected chi connectivity index (χ1v) is 6.43. The average molecular weight is 236 g/mol. The standard InChI is InChI=1S/C14H21FN2/c1-3-14-10-17(8-7-16-14)11(2)12-5-4-6-13(15)9-12/h4-6,9,11,14,16H,3,7-8,10H2,1-2H3. The zero-order valence-corrected chi connectivity index (χ0v) is 10.6. The molecule has 1 N–H and O–H groups in total. The van der Waals surface area contributed by atoms with Crippen molar-refractivity contribution in [3.63, 3.8) is 0 Å². The molecule has 2 nitrogen and oxygen atoms in total. The minimum atomic E-state index is -0.142. The van der Waals surface area contributed by atoms with Crippen molar-refractivity contribution in [1.29, 1.82) is 0 Å². The summed E-state index contributed by atoms with van der Waals surface area (Å²) in [6, 6.07) is 7.81. The molecule has 1 saturated heterocycles. The van der Waals surface area contributed by atoms with Crippen LogP contribution < -0.4 is 5.32 Å². The van der Waals surface area contributed by atoms with Crippen molar-refractivity contribution >= 4 is 0 Å². The molecule has 0 radical (unpaired) electrons. The van der Waals surface area contributed by atoms with Gasteiger partial charge in [-0.3, -0.25) is 4.90 Å². The van der Waals surface area contributed by atoms with Gasteiger partial charge in [0.25, 0.3) is 0 Å². The highest BCUT2D eigenvalue weighted by atomic mass is 19.1. The highest BCUT2D eigenvalue weighted by Gasteiger charge is 2.22. The van der Waals surface area contributed by atoms with Crippen LogP contribution in [0.5, 0.6) is 0 Å². The van der Waals surface area contributed by atoms with E-state index in [0.29, 0.717) is 12.1 Å². The second kappa shape index (κ2) is 5.61. The third-order valence-electron chi connectivity index (χ3n) is 3.66. The van der Waals surface area contributed by atoms with Gasteiger partial charge in [0.1, 0.15) is 5.82 Å². The summed E-state index contributed by atoms with van der Waals surface area (Å²) in [5, 5.41) is 3.50. The summed E-state index contributed by atoms with van der Waals surface area (Å²) in [6.45, 7) is 7.47. The molecule has 0 aliphatic carbocycles. The van der Waals surface area contributed by atoms with E-state index in [2.05, 4.69) is 24.1 Å². The predicted octanol–water partition coefficient (Wildman–Crippen LogP) is 2.57. The SMILES string of the molecule is CCC1CN(C(C)c2cccc(F)c2)CCN1. The quantitative estimate of drug-likeness (QED) is 0.867. The Morgan fingerprint density at radius 2 is 2.35 bits per heavy atom. The molecule has 17 heavy (non-hydrogen) atoms. The van der Waals surface area contributed by atoms with Gasteiger partial charge >= 0.3 is 0 Å². The molecule has 0 amide bonds. The lowest BCUT2D eigenvalue weighted by Gasteiger charge is -2.37. The molecule has 2 rings (SSSR count). The predicted molar refractivity (Wildman–Crippen MR) is 68.5 cm³/mol. The Morgan fingerprint density at radius 3 is 3.06 bits per heavy atom. The largest absolute Gasteiger partial charge is 0.311 e. The molecule has 0 spiro atoms. The number of nitrogens with zero attached hydrogens (tertiary/aromatic N) is 1. The highest BCUT2D eigenvalue weighted by molar-refractivity contribution is 5.19. The molecular weight excluding hydrogens is 215 g/mol. The van der Waals surface area contributed by atoms with E-state index in [1.807, 2.05) is 6.07 Å². The van der Waals surface area contributed by atoms with E-state index in [0.717, 1.165) is 31.6 Å². The molecule has 1 aliphatic heterocycles. The molecule has 0 saturated carbocycles. The number of halogens is 1. The molecule has 2 atom stereocenters. The van der Waals surface area contributed by atoms with Gasteiger partial charge in [0.05, 0.1) is 0 Å². The molecule has 1 aromatic rings. The van der Waals surface area contributed by atoms with Gasteiger partial charge in [-0.25, -0.2) is 4.39 Å². The smallest absolute Gasteiger partial charge is 0.123 e. The van der Waals surface area contributed by atoms with Crippen molar-refractivity contribution in [1.82, 2.24) is 10.2 Å². The minimum Gasteiger partial charge on any atom is -0.311 e. The lowest BCUT2D eigenvalue weighted by molar-refractivity contribution is 0.151. The van der Waals surface area contributed by atoms with Gasteiger partial charge in [0.15, 0.2) is 0 Å². The summed E-state index contributed by atoms with van der Waals surface area (Å²) in [4.78, 5) is 2.43. The summed E-state index contributed by atoms with van der Waals surface area (Å²) in [5.41, 5.74) is 1.07. The van der Waals surface area contributed by atoms with Gasteiger partial charge < -0.3 is 5.32 Å². The van der Waals surface area contributed by atoms with Crippen LogP contribution in [0.25, 0.3) is 0 Å². The molecule has 3 heteroatoms. The summed E-state index contributed by atoms with van der Waals surface area (Å²) in [7, 11) is 0. The zero-order valence-electron chi connectivity index (χ0n) is 10.6. The first-order chi connectivity index (χ1) is 8.20. The van der Waals surface area contributed by atoms with Crippen molar-refractivity contribution in [3.05, 3.63) is 35.6 Å². The number of nitrogens with one attached hydrogen (secondary N) is 1. The Kier molecular flexibility index (Phi) is 4.13. The monoisotopic (exact) mass is 236 g/mol. The van der Waals surface area contributed by atoms with Crippen molar-refractivity contribution in [2.75, 3.05) is 19.6 Å². The maximum absolute atomic E-state index is 13.2. The average Bonchev–Trinajstić information content (AvgIpc) is 2.38. The molecule has 94 valence electrons. The van der Waals surface area contributed by atoms with Gasteiger partial charge in [0.2, 0.25) is 0 Å². The number of rotatable bonds is 3. The van der Waals surface area contributed by atoms with Crippen molar-refractivity contribution in [2.45, 2.75) is 32.4 Å². The van der Waals surface area contributed by atoms with Gasteiger partial charge in [-0.1, -0.05) is 19.1 Å². The third-order valence-corrected chi connectivity index (χ3v) is 3.66. The third kappa shape index (κ3) is 3.05. The van der Waals surface area contributed by atoms with Crippen LogP contribution >= 0.6 is 0 Å². The van der Waals surface area contributed by atoms with E-state index < -0.39 is 0 Å². The fourth-order valence-electron chi connectivity index (χ4n) is 2.45. The summed E-state index contributed by atoms with van der Waals surface area (Å²) >= 11 is 0. The van der Waals surface area contributed by atoms with Crippen LogP contribution in [-0.4, -0.2) is 30.6 Å². The van der Waals surface area contributed by atoms with E-state index in [4.69, 9.17) is 0 Å². The molecule has 0 bridgehead atoms. The van der Waals surface area contributed by atoms with E-state index in [1.54, 1.807) is 12.1 Å². The maximum Gasteiger partial charge on any atom is 0.123 e. The molecule has 2 unspecified atom stereocenters. The fourth-order valence-corrected chi connectivity index (χ4v) is 2.45. The normalized spacial score (nSPS) is 23.6. The first-order valence-electron chi connectivity index (χ1n) is 6.43. The van der Waals surface area contributed by atoms with E-state index in [1.165, 1.54) is 6.07 Å². The minimum absolute atomic E-state index is 0.142. The van der Waals surface area contributed by atoms with Crippen LogP contribution in [0.1, 0.15) is 31.9 Å². The van der Waals surface area contributed by atoms with E-state index >= 15 is 0 Å². The van der Waals surface area contributed by atoms with Crippen LogP contribution in [0.4, 0.5) is 4.39 Å². The summed E-state index contributed by atoms with van der Waals surface area (Å²) in [6.07, 6.45) is 1.15. The van der Waals surface area contributed by atoms with Crippen LogP contribution in [0.15, 0.2) is 24.3 Å². The van der Waals surface area contributed by atoms with Gasteiger partial charge in [-0.15, -0.1) is 0 Å². The lowest BCUT2D eigenvalue weighted by Crippen LogP contribution is -2.50. The number of hydrogen-bond acceptors (Lipinski definition) is 2. The second-order valence-electron chi connectivity index (χ2n) is 4.79. The second-order valence-corrected chi connectivity index (χ2v) is 4.79. The Hall–Kier alpha value is -0.930. The molecule has 1 fully saturated rings. The van der Waals surface area contributed by atoms with Crippen molar-refractivity contribution in [2.24, 2.45) is 0 Å². The topological polar surface area (TPSA) is 15.3 Å². The van der Waals surface area contributed by atoms with Crippen LogP contribution in [0.3, 0.4) is 0 Å². The molecule has 1 aromatic carbocycles. The van der Waals surface area contributed by atoms with Crippen LogP contribution in [-0.2, 0) is 0 Å². The molecular formula is C14H21FN2. The van der Waals surface area contributed by atoms with E-state index in [9.17, 15) is 4.39 Å². The van der Waals surface area contributed by atoms with Crippen molar-refractivity contribution < 1.29 is 4.39 Å². The lowest BCUT2D eigenvalue weighted by atomic mass is 10.0. The fraction of sp³-hybridized carbons (Fsp3) is 0.571. The van der Waals surface area contributed by atoms with Gasteiger partial charge in [0, 0.05) is 31.7 Å². The van der Waals surface area contributed by atoms with Gasteiger partial charge in [-0.2, -0.15) is 0 Å². The van der Waals surface area contributed by atoms with Gasteiger partial charge in [-0.05, 0) is 31.0 Å². The molecule has 1 aliphatic rings. The summed E-state index contributed by atoms with van der Waals surface area (Å²) < 4.78 is 13.2. The van der Waals surface area contributed by atoms with Crippen molar-refractivity contribution in [3.8, 4) is 0 Å². The zero-order chi connectivity index (χ0) is 12.3. The number of hydrogen-bond donors (Lipinski definition) is 1. The van der Waals surface area contributed by atoms with Crippen LogP contribution in [0, 0.1) is 5.82 Å². The first kappa shape index (κ1) is 12.5. The van der Waals surface area contributed by atoms with Crippen LogP contribution in [0.2, 0.25) is 0 Å².